The number of carboxylic acids is 1. The molecule has 21 heavy (non-hydrogen) atoms. The summed E-state index contributed by atoms with van der Waals surface area (Å²) in [6.07, 6.45) is 2.47. The molecule has 0 spiro atoms. The Balaban J connectivity index is 1.96. The average molecular weight is 293 g/mol. The number of ether oxygens (including phenoxy) is 1. The summed E-state index contributed by atoms with van der Waals surface area (Å²) in [4.78, 5) is 39.3. The number of nitrogens with one attached hydrogen (secondary N) is 1. The number of carbonyl (C=O) groups is 3. The van der Waals surface area contributed by atoms with Crippen LogP contribution in [0.5, 0.6) is 0 Å². The number of amides is 2. The van der Waals surface area contributed by atoms with Crippen molar-refractivity contribution in [3.63, 3.8) is 0 Å². The van der Waals surface area contributed by atoms with Gasteiger partial charge in [-0.05, 0) is 11.6 Å². The van der Waals surface area contributed by atoms with E-state index in [1.54, 1.807) is 24.5 Å². The van der Waals surface area contributed by atoms with E-state index in [0.29, 0.717) is 0 Å². The zero-order chi connectivity index (χ0) is 15.2. The predicted octanol–water partition coefficient (Wildman–Crippen LogP) is -0.00670. The minimum Gasteiger partial charge on any atom is -0.481 e. The molecule has 0 aromatic carbocycles. The van der Waals surface area contributed by atoms with Crippen LogP contribution in [0.3, 0.4) is 0 Å². The topological polar surface area (TPSA) is 109 Å². The van der Waals surface area contributed by atoms with E-state index in [2.05, 4.69) is 10.3 Å². The number of aromatic nitrogens is 1. The first-order valence-electron chi connectivity index (χ1n) is 6.39. The normalized spacial score (nSPS) is 17.4. The van der Waals surface area contributed by atoms with E-state index in [9.17, 15) is 14.4 Å². The summed E-state index contributed by atoms with van der Waals surface area (Å²) in [5, 5.41) is 11.0. The summed E-state index contributed by atoms with van der Waals surface area (Å²) in [5.74, 6) is -1.42. The Bertz CT molecular complexity index is 534. The molecule has 0 bridgehead atoms. The third-order valence-electron chi connectivity index (χ3n) is 2.99. The van der Waals surface area contributed by atoms with Gasteiger partial charge in [-0.15, -0.1) is 0 Å². The lowest BCUT2D eigenvalue weighted by Gasteiger charge is -2.20. The van der Waals surface area contributed by atoms with Crippen LogP contribution in [0.1, 0.15) is 12.0 Å². The predicted molar refractivity (Wildman–Crippen MR) is 70.2 cm³/mol. The smallest absolute Gasteiger partial charge is 0.410 e. The first-order chi connectivity index (χ1) is 10.1. The van der Waals surface area contributed by atoms with Crippen LogP contribution in [0.25, 0.3) is 0 Å². The molecule has 0 radical (unpaired) electrons. The van der Waals surface area contributed by atoms with E-state index in [0.717, 1.165) is 5.56 Å². The van der Waals surface area contributed by atoms with Crippen LogP contribution in [0.2, 0.25) is 0 Å². The Morgan fingerprint density at radius 2 is 2.33 bits per heavy atom. The molecule has 1 aromatic rings. The molecular weight excluding hydrogens is 278 g/mol. The Hall–Kier alpha value is -2.64. The minimum atomic E-state index is -0.999. The maximum absolute atomic E-state index is 12.0. The zero-order valence-electron chi connectivity index (χ0n) is 11.2. The second kappa shape index (κ2) is 6.69. The number of pyridine rings is 1. The van der Waals surface area contributed by atoms with Crippen molar-refractivity contribution in [2.45, 2.75) is 19.0 Å². The second-order valence-electron chi connectivity index (χ2n) is 4.52. The maximum Gasteiger partial charge on any atom is 0.410 e. The average Bonchev–Trinajstić information content (AvgIpc) is 2.81. The van der Waals surface area contributed by atoms with Gasteiger partial charge in [0.2, 0.25) is 5.91 Å². The molecule has 2 rings (SSSR count). The Labute approximate surface area is 120 Å². The Morgan fingerprint density at radius 1 is 1.52 bits per heavy atom. The quantitative estimate of drug-likeness (QED) is 0.763. The molecule has 2 heterocycles. The highest BCUT2D eigenvalue weighted by molar-refractivity contribution is 5.88. The van der Waals surface area contributed by atoms with Gasteiger partial charge >= 0.3 is 12.1 Å². The van der Waals surface area contributed by atoms with Crippen molar-refractivity contribution in [3.8, 4) is 0 Å². The fourth-order valence-electron chi connectivity index (χ4n) is 1.94. The number of carbonyl (C=O) groups excluding carboxylic acids is 2. The lowest BCUT2D eigenvalue weighted by molar-refractivity contribution is -0.137. The Kier molecular flexibility index (Phi) is 4.70. The highest BCUT2D eigenvalue weighted by Gasteiger charge is 2.37. The van der Waals surface area contributed by atoms with E-state index in [1.165, 1.54) is 4.90 Å². The lowest BCUT2D eigenvalue weighted by Crippen LogP contribution is -2.45. The van der Waals surface area contributed by atoms with Gasteiger partial charge in [0.05, 0.1) is 13.0 Å². The molecule has 8 nitrogen and oxygen atoms in total. The van der Waals surface area contributed by atoms with Crippen molar-refractivity contribution in [2.75, 3.05) is 13.2 Å². The van der Waals surface area contributed by atoms with Gasteiger partial charge in [0.15, 0.2) is 0 Å². The zero-order valence-corrected chi connectivity index (χ0v) is 11.2. The molecule has 1 aliphatic heterocycles. The van der Waals surface area contributed by atoms with Gasteiger partial charge in [-0.25, -0.2) is 4.79 Å². The number of nitrogens with zero attached hydrogens (tertiary/aromatic N) is 2. The molecule has 1 aliphatic rings. The van der Waals surface area contributed by atoms with Gasteiger partial charge in [0.25, 0.3) is 0 Å². The molecule has 0 aliphatic carbocycles. The number of aliphatic carboxylic acids is 1. The Morgan fingerprint density at radius 3 is 3.00 bits per heavy atom. The fraction of sp³-hybridized carbons (Fsp3) is 0.385. The molecule has 1 fully saturated rings. The number of hydrogen-bond donors (Lipinski definition) is 2. The SMILES string of the molecule is O=C(O)CCNC(=O)[C@@H]1COC(=O)N1Cc1cccnc1. The van der Waals surface area contributed by atoms with Crippen LogP contribution in [0.15, 0.2) is 24.5 Å². The minimum absolute atomic E-state index is 0.0135. The fourth-order valence-corrected chi connectivity index (χ4v) is 1.94. The summed E-state index contributed by atoms with van der Waals surface area (Å²) in [5.41, 5.74) is 0.777. The second-order valence-corrected chi connectivity index (χ2v) is 4.52. The summed E-state index contributed by atoms with van der Waals surface area (Å²) >= 11 is 0. The molecule has 112 valence electrons. The van der Waals surface area contributed by atoms with E-state index in [4.69, 9.17) is 9.84 Å². The standard InChI is InChI=1S/C13H15N3O5/c17-11(18)3-5-15-12(19)10-8-21-13(20)16(10)7-9-2-1-4-14-6-9/h1-2,4,6,10H,3,5,7-8H2,(H,15,19)(H,17,18)/t10-/m0/s1. The van der Waals surface area contributed by atoms with Crippen molar-refractivity contribution in [1.29, 1.82) is 0 Å². The largest absolute Gasteiger partial charge is 0.481 e. The number of carboxylic acid groups (broad SMARTS) is 1. The maximum atomic E-state index is 12.0. The van der Waals surface area contributed by atoms with Crippen molar-refractivity contribution in [2.24, 2.45) is 0 Å². The molecule has 1 atom stereocenters. The first kappa shape index (κ1) is 14.8. The summed E-state index contributed by atoms with van der Waals surface area (Å²) in [6, 6.07) is 2.77. The molecule has 2 N–H and O–H groups in total. The van der Waals surface area contributed by atoms with Gasteiger partial charge in [-0.2, -0.15) is 0 Å². The van der Waals surface area contributed by atoms with Crippen molar-refractivity contribution in [1.82, 2.24) is 15.2 Å². The molecular formula is C13H15N3O5. The van der Waals surface area contributed by atoms with Crippen molar-refractivity contribution < 1.29 is 24.2 Å². The number of hydrogen-bond acceptors (Lipinski definition) is 5. The highest BCUT2D eigenvalue weighted by atomic mass is 16.6. The van der Waals surface area contributed by atoms with E-state index in [1.807, 2.05) is 0 Å². The molecule has 2 amide bonds. The van der Waals surface area contributed by atoms with Gasteiger partial charge < -0.3 is 15.2 Å². The van der Waals surface area contributed by atoms with E-state index in [-0.39, 0.29) is 26.1 Å². The lowest BCUT2D eigenvalue weighted by atomic mass is 10.2. The summed E-state index contributed by atoms with van der Waals surface area (Å²) in [7, 11) is 0. The van der Waals surface area contributed by atoms with Gasteiger partial charge in [-0.3, -0.25) is 19.5 Å². The molecule has 1 aromatic heterocycles. The van der Waals surface area contributed by atoms with Gasteiger partial charge in [-0.1, -0.05) is 6.07 Å². The van der Waals surface area contributed by atoms with Crippen LogP contribution < -0.4 is 5.32 Å². The molecule has 0 saturated carbocycles. The van der Waals surface area contributed by atoms with Crippen LogP contribution in [-0.2, 0) is 20.9 Å². The van der Waals surface area contributed by atoms with Crippen LogP contribution >= 0.6 is 0 Å². The monoisotopic (exact) mass is 293 g/mol. The van der Waals surface area contributed by atoms with Crippen molar-refractivity contribution in [3.05, 3.63) is 30.1 Å². The van der Waals surface area contributed by atoms with Gasteiger partial charge in [0.1, 0.15) is 12.6 Å². The third kappa shape index (κ3) is 3.91. The van der Waals surface area contributed by atoms with Crippen LogP contribution in [0.4, 0.5) is 4.79 Å². The summed E-state index contributed by atoms with van der Waals surface area (Å²) < 4.78 is 4.89. The molecule has 8 heteroatoms. The highest BCUT2D eigenvalue weighted by Crippen LogP contribution is 2.16. The van der Waals surface area contributed by atoms with E-state index < -0.39 is 24.0 Å². The molecule has 1 saturated heterocycles. The van der Waals surface area contributed by atoms with Crippen LogP contribution in [-0.4, -0.2) is 52.2 Å². The number of rotatable bonds is 6. The number of cyclic esters (lactones) is 1. The molecule has 0 unspecified atom stereocenters. The summed E-state index contributed by atoms with van der Waals surface area (Å²) in [6.45, 7) is 0.182. The van der Waals surface area contributed by atoms with E-state index >= 15 is 0 Å². The third-order valence-corrected chi connectivity index (χ3v) is 2.99. The van der Waals surface area contributed by atoms with Gasteiger partial charge in [0, 0.05) is 18.9 Å². The first-order valence-corrected chi connectivity index (χ1v) is 6.39. The van der Waals surface area contributed by atoms with Crippen molar-refractivity contribution >= 4 is 18.0 Å². The van der Waals surface area contributed by atoms with Crippen LogP contribution in [0, 0.1) is 0 Å².